The molecule has 0 aliphatic carbocycles. The van der Waals surface area contributed by atoms with Gasteiger partial charge in [0.2, 0.25) is 0 Å². The predicted octanol–water partition coefficient (Wildman–Crippen LogP) is 2.62. The van der Waals surface area contributed by atoms with Crippen LogP contribution in [0.25, 0.3) is 6.08 Å². The zero-order valence-corrected chi connectivity index (χ0v) is 13.5. The van der Waals surface area contributed by atoms with Gasteiger partial charge in [-0.2, -0.15) is 0 Å². The maximum absolute atomic E-state index is 11.3. The van der Waals surface area contributed by atoms with Crippen LogP contribution in [0.15, 0.2) is 54.9 Å². The van der Waals surface area contributed by atoms with Crippen LogP contribution in [-0.2, 0) is 0 Å². The molecule has 1 saturated heterocycles. The lowest BCUT2D eigenvalue weighted by molar-refractivity contribution is 0.0697. The van der Waals surface area contributed by atoms with Crippen molar-refractivity contribution in [3.8, 4) is 0 Å². The second-order valence-corrected chi connectivity index (χ2v) is 5.80. The summed E-state index contributed by atoms with van der Waals surface area (Å²) in [5, 5.41) is 9.29. The van der Waals surface area contributed by atoms with Gasteiger partial charge in [-0.25, -0.2) is 4.79 Å². The highest BCUT2D eigenvalue weighted by molar-refractivity contribution is 5.94. The number of pyridine rings is 1. The van der Waals surface area contributed by atoms with Gasteiger partial charge in [0.25, 0.3) is 0 Å². The van der Waals surface area contributed by atoms with Crippen molar-refractivity contribution >= 4 is 17.7 Å². The minimum atomic E-state index is -0.925. The van der Waals surface area contributed by atoms with Gasteiger partial charge in [-0.05, 0) is 11.6 Å². The summed E-state index contributed by atoms with van der Waals surface area (Å²) in [6.07, 6.45) is 7.39. The van der Waals surface area contributed by atoms with Gasteiger partial charge in [0.05, 0.1) is 5.69 Å². The van der Waals surface area contributed by atoms with Crippen LogP contribution in [0.5, 0.6) is 0 Å². The molecule has 124 valence electrons. The molecule has 1 N–H and O–H groups in total. The monoisotopic (exact) mass is 323 g/mol. The van der Waals surface area contributed by atoms with E-state index in [2.05, 4.69) is 39.1 Å². The fraction of sp³-hybridized carbons (Fsp3) is 0.263. The Balaban J connectivity index is 1.55. The van der Waals surface area contributed by atoms with E-state index in [0.717, 1.165) is 38.4 Å². The summed E-state index contributed by atoms with van der Waals surface area (Å²) in [7, 11) is 0. The first-order valence-corrected chi connectivity index (χ1v) is 8.10. The van der Waals surface area contributed by atoms with Crippen LogP contribution in [0.2, 0.25) is 0 Å². The minimum absolute atomic E-state index is 0.273. The van der Waals surface area contributed by atoms with Crippen molar-refractivity contribution in [3.05, 3.63) is 66.0 Å². The van der Waals surface area contributed by atoms with Crippen molar-refractivity contribution in [2.75, 3.05) is 37.6 Å². The largest absolute Gasteiger partial charge is 0.478 e. The van der Waals surface area contributed by atoms with E-state index >= 15 is 0 Å². The third kappa shape index (κ3) is 4.00. The fourth-order valence-corrected chi connectivity index (χ4v) is 2.90. The van der Waals surface area contributed by atoms with Crippen LogP contribution in [-0.4, -0.2) is 53.7 Å². The average Bonchev–Trinajstić information content (AvgIpc) is 2.63. The summed E-state index contributed by atoms with van der Waals surface area (Å²) in [6, 6.07) is 12.0. The van der Waals surface area contributed by atoms with Crippen LogP contribution in [0, 0.1) is 0 Å². The molecule has 5 heteroatoms. The molecule has 3 rings (SSSR count). The zero-order chi connectivity index (χ0) is 16.8. The Bertz CT molecular complexity index is 708. The topological polar surface area (TPSA) is 56.7 Å². The molecule has 0 radical (unpaired) electrons. The summed E-state index contributed by atoms with van der Waals surface area (Å²) in [5.74, 6) is -0.925. The lowest BCUT2D eigenvalue weighted by Gasteiger charge is -2.36. The van der Waals surface area contributed by atoms with Crippen molar-refractivity contribution in [3.63, 3.8) is 0 Å². The summed E-state index contributed by atoms with van der Waals surface area (Å²) >= 11 is 0. The fourth-order valence-electron chi connectivity index (χ4n) is 2.90. The standard InChI is InChI=1S/C19H21N3O2/c23-19(24)17-15-20-9-8-18(17)22-13-11-21(12-14-22)10-4-7-16-5-2-1-3-6-16/h1-9,15H,10-14H2,(H,23,24)/b7-4+. The van der Waals surface area contributed by atoms with Crippen LogP contribution >= 0.6 is 0 Å². The van der Waals surface area contributed by atoms with Gasteiger partial charge in [0.15, 0.2) is 0 Å². The molecule has 24 heavy (non-hydrogen) atoms. The van der Waals surface area contributed by atoms with Gasteiger partial charge in [-0.3, -0.25) is 9.88 Å². The number of hydrogen-bond acceptors (Lipinski definition) is 4. The van der Waals surface area contributed by atoms with E-state index in [1.54, 1.807) is 12.3 Å². The molecule has 0 bridgehead atoms. The van der Waals surface area contributed by atoms with Gasteiger partial charge in [0, 0.05) is 45.1 Å². The van der Waals surface area contributed by atoms with E-state index in [9.17, 15) is 9.90 Å². The number of benzene rings is 1. The average molecular weight is 323 g/mol. The highest BCUT2D eigenvalue weighted by Gasteiger charge is 2.20. The maximum Gasteiger partial charge on any atom is 0.339 e. The number of nitrogens with zero attached hydrogens (tertiary/aromatic N) is 3. The summed E-state index contributed by atoms with van der Waals surface area (Å²) in [4.78, 5) is 19.7. The highest BCUT2D eigenvalue weighted by atomic mass is 16.4. The third-order valence-corrected chi connectivity index (χ3v) is 4.21. The second-order valence-electron chi connectivity index (χ2n) is 5.80. The van der Waals surface area contributed by atoms with Gasteiger partial charge < -0.3 is 10.0 Å². The first-order chi connectivity index (χ1) is 11.7. The number of piperazine rings is 1. The second kappa shape index (κ2) is 7.75. The first kappa shape index (κ1) is 16.2. The molecule has 0 amide bonds. The maximum atomic E-state index is 11.3. The molecular formula is C19H21N3O2. The van der Waals surface area contributed by atoms with Crippen molar-refractivity contribution in [1.82, 2.24) is 9.88 Å². The van der Waals surface area contributed by atoms with E-state index in [4.69, 9.17) is 0 Å². The van der Waals surface area contributed by atoms with Crippen LogP contribution < -0.4 is 4.90 Å². The molecule has 5 nitrogen and oxygen atoms in total. The molecule has 1 fully saturated rings. The first-order valence-electron chi connectivity index (χ1n) is 8.10. The molecule has 0 saturated carbocycles. The molecule has 0 atom stereocenters. The molecular weight excluding hydrogens is 302 g/mol. The third-order valence-electron chi connectivity index (χ3n) is 4.21. The molecule has 0 unspecified atom stereocenters. The minimum Gasteiger partial charge on any atom is -0.478 e. The van der Waals surface area contributed by atoms with E-state index in [1.165, 1.54) is 11.8 Å². The number of aromatic nitrogens is 1. The summed E-state index contributed by atoms with van der Waals surface area (Å²) in [6.45, 7) is 4.39. The predicted molar refractivity (Wildman–Crippen MR) is 95.3 cm³/mol. The highest BCUT2D eigenvalue weighted by Crippen LogP contribution is 2.20. The molecule has 2 aromatic rings. The molecule has 1 aliphatic heterocycles. The molecule has 1 aliphatic rings. The van der Waals surface area contributed by atoms with E-state index < -0.39 is 5.97 Å². The lowest BCUT2D eigenvalue weighted by atomic mass is 10.2. The Hall–Kier alpha value is -2.66. The quantitative estimate of drug-likeness (QED) is 0.916. The number of carbonyl (C=O) groups is 1. The lowest BCUT2D eigenvalue weighted by Crippen LogP contribution is -2.46. The van der Waals surface area contributed by atoms with Crippen molar-refractivity contribution in [1.29, 1.82) is 0 Å². The van der Waals surface area contributed by atoms with Gasteiger partial charge in [-0.1, -0.05) is 42.5 Å². The Morgan fingerprint density at radius 3 is 2.58 bits per heavy atom. The van der Waals surface area contributed by atoms with Gasteiger partial charge >= 0.3 is 5.97 Å². The molecule has 0 spiro atoms. The molecule has 1 aromatic carbocycles. The summed E-state index contributed by atoms with van der Waals surface area (Å²) < 4.78 is 0. The number of anilines is 1. The molecule has 1 aromatic heterocycles. The van der Waals surface area contributed by atoms with Crippen LogP contribution in [0.3, 0.4) is 0 Å². The van der Waals surface area contributed by atoms with E-state index in [-0.39, 0.29) is 5.56 Å². The van der Waals surface area contributed by atoms with Gasteiger partial charge in [-0.15, -0.1) is 0 Å². The van der Waals surface area contributed by atoms with Crippen LogP contribution in [0.4, 0.5) is 5.69 Å². The number of hydrogen-bond donors (Lipinski definition) is 1. The Morgan fingerprint density at radius 1 is 1.12 bits per heavy atom. The summed E-state index contributed by atoms with van der Waals surface area (Å²) in [5.41, 5.74) is 2.24. The number of rotatable bonds is 5. The number of carboxylic acids is 1. The van der Waals surface area contributed by atoms with E-state index in [0.29, 0.717) is 0 Å². The zero-order valence-electron chi connectivity index (χ0n) is 13.5. The van der Waals surface area contributed by atoms with Gasteiger partial charge in [0.1, 0.15) is 5.56 Å². The molecule has 2 heterocycles. The normalized spacial score (nSPS) is 15.8. The smallest absolute Gasteiger partial charge is 0.339 e. The Morgan fingerprint density at radius 2 is 1.88 bits per heavy atom. The Labute approximate surface area is 141 Å². The van der Waals surface area contributed by atoms with Crippen molar-refractivity contribution < 1.29 is 9.90 Å². The number of aromatic carboxylic acids is 1. The van der Waals surface area contributed by atoms with Crippen molar-refractivity contribution in [2.45, 2.75) is 0 Å². The SMILES string of the molecule is O=C(O)c1cnccc1N1CCN(C/C=C/c2ccccc2)CC1. The number of carboxylic acid groups (broad SMARTS) is 1. The van der Waals surface area contributed by atoms with E-state index in [1.807, 2.05) is 18.2 Å². The van der Waals surface area contributed by atoms with Crippen molar-refractivity contribution in [2.24, 2.45) is 0 Å². The van der Waals surface area contributed by atoms with Crippen LogP contribution in [0.1, 0.15) is 15.9 Å². The Kier molecular flexibility index (Phi) is 5.23.